The number of aliphatic carboxylic acids is 1. The molecule has 3 rings (SSSR count). The molecule has 7 heteroatoms. The number of nitrogens with one attached hydrogen (secondary N) is 2. The Hall–Kier alpha value is -4.26. The quantitative estimate of drug-likeness (QED) is 0.476. The molecule has 162 valence electrons. The molecular weight excluding hydrogens is 411 g/mol. The molecule has 0 spiro atoms. The fourth-order valence-corrected chi connectivity index (χ4v) is 2.98. The van der Waals surface area contributed by atoms with Crippen LogP contribution in [0.15, 0.2) is 90.6 Å². The topological polar surface area (TPSA) is 95.5 Å². The van der Waals surface area contributed by atoms with E-state index in [9.17, 15) is 23.9 Å². The van der Waals surface area contributed by atoms with Gasteiger partial charge in [-0.2, -0.15) is 0 Å². The SMILES string of the molecule is O=C(NC(Cc1ccccc1)C(=O)O)/C(=C\c1ccccc1F)NC(=O)c1ccccc1. The molecule has 0 saturated carbocycles. The number of halogens is 1. The van der Waals surface area contributed by atoms with Gasteiger partial charge in [-0.1, -0.05) is 66.7 Å². The summed E-state index contributed by atoms with van der Waals surface area (Å²) in [6.45, 7) is 0. The first-order valence-electron chi connectivity index (χ1n) is 9.84. The van der Waals surface area contributed by atoms with Gasteiger partial charge in [-0.15, -0.1) is 0 Å². The van der Waals surface area contributed by atoms with Crippen LogP contribution in [0.1, 0.15) is 21.5 Å². The van der Waals surface area contributed by atoms with Crippen molar-refractivity contribution < 1.29 is 23.9 Å². The fourth-order valence-electron chi connectivity index (χ4n) is 2.98. The van der Waals surface area contributed by atoms with Gasteiger partial charge in [0.1, 0.15) is 17.6 Å². The summed E-state index contributed by atoms with van der Waals surface area (Å²) >= 11 is 0. The van der Waals surface area contributed by atoms with Gasteiger partial charge in [-0.05, 0) is 29.8 Å². The lowest BCUT2D eigenvalue weighted by Gasteiger charge is -2.17. The van der Waals surface area contributed by atoms with Gasteiger partial charge in [-0.3, -0.25) is 9.59 Å². The molecule has 0 aliphatic rings. The third kappa shape index (κ3) is 6.12. The number of hydrogen-bond acceptors (Lipinski definition) is 3. The Labute approximate surface area is 184 Å². The van der Waals surface area contributed by atoms with Crippen molar-refractivity contribution in [3.8, 4) is 0 Å². The van der Waals surface area contributed by atoms with Crippen LogP contribution in [0.3, 0.4) is 0 Å². The van der Waals surface area contributed by atoms with Crippen molar-refractivity contribution in [2.24, 2.45) is 0 Å². The maximum absolute atomic E-state index is 14.2. The number of carboxylic acids is 1. The third-order valence-corrected chi connectivity index (χ3v) is 4.62. The molecule has 3 aromatic rings. The average Bonchev–Trinajstić information content (AvgIpc) is 2.80. The molecule has 32 heavy (non-hydrogen) atoms. The standard InChI is InChI=1S/C25H21FN2O4/c26-20-14-8-7-13-19(20)16-21(27-23(29)18-11-5-2-6-12-18)24(30)28-22(25(31)32)15-17-9-3-1-4-10-17/h1-14,16,22H,15H2,(H,27,29)(H,28,30)(H,31,32)/b21-16+. The highest BCUT2D eigenvalue weighted by Crippen LogP contribution is 2.12. The van der Waals surface area contributed by atoms with E-state index in [0.29, 0.717) is 11.1 Å². The fraction of sp³-hybridized carbons (Fsp3) is 0.0800. The van der Waals surface area contributed by atoms with Crippen LogP contribution < -0.4 is 10.6 Å². The van der Waals surface area contributed by atoms with Gasteiger partial charge >= 0.3 is 5.97 Å². The van der Waals surface area contributed by atoms with Crippen molar-refractivity contribution in [2.75, 3.05) is 0 Å². The number of hydrogen-bond donors (Lipinski definition) is 3. The maximum atomic E-state index is 14.2. The molecule has 1 unspecified atom stereocenters. The van der Waals surface area contributed by atoms with Crippen LogP contribution in [0.4, 0.5) is 4.39 Å². The minimum atomic E-state index is -1.25. The number of benzene rings is 3. The predicted molar refractivity (Wildman–Crippen MR) is 118 cm³/mol. The minimum absolute atomic E-state index is 0.0432. The molecule has 0 radical (unpaired) electrons. The summed E-state index contributed by atoms with van der Waals surface area (Å²) < 4.78 is 14.2. The number of carbonyl (C=O) groups is 3. The van der Waals surface area contributed by atoms with Crippen LogP contribution in [0.2, 0.25) is 0 Å². The highest BCUT2D eigenvalue weighted by Gasteiger charge is 2.23. The normalized spacial score (nSPS) is 12.0. The van der Waals surface area contributed by atoms with Crippen molar-refractivity contribution in [3.63, 3.8) is 0 Å². The molecule has 3 N–H and O–H groups in total. The first-order valence-corrected chi connectivity index (χ1v) is 9.84. The second-order valence-electron chi connectivity index (χ2n) is 6.95. The summed E-state index contributed by atoms with van der Waals surface area (Å²) in [5, 5.41) is 14.5. The summed E-state index contributed by atoms with van der Waals surface area (Å²) in [6.07, 6.45) is 1.22. The monoisotopic (exact) mass is 432 g/mol. The summed E-state index contributed by atoms with van der Waals surface area (Å²) in [4.78, 5) is 37.3. The van der Waals surface area contributed by atoms with E-state index in [-0.39, 0.29) is 17.7 Å². The molecule has 2 amide bonds. The van der Waals surface area contributed by atoms with E-state index in [1.165, 1.54) is 24.3 Å². The number of rotatable bonds is 8. The lowest BCUT2D eigenvalue weighted by Crippen LogP contribution is -2.45. The van der Waals surface area contributed by atoms with Gasteiger partial charge in [0.2, 0.25) is 0 Å². The summed E-state index contributed by atoms with van der Waals surface area (Å²) in [5.41, 5.74) is 0.802. The third-order valence-electron chi connectivity index (χ3n) is 4.62. The van der Waals surface area contributed by atoms with Crippen molar-refractivity contribution in [1.29, 1.82) is 0 Å². The average molecular weight is 432 g/mol. The first kappa shape index (κ1) is 22.4. The van der Waals surface area contributed by atoms with Crippen LogP contribution in [0.5, 0.6) is 0 Å². The lowest BCUT2D eigenvalue weighted by atomic mass is 10.1. The van der Waals surface area contributed by atoms with Gasteiger partial charge < -0.3 is 15.7 Å². The Morgan fingerprint density at radius 3 is 2.09 bits per heavy atom. The number of carbonyl (C=O) groups excluding carboxylic acids is 2. The van der Waals surface area contributed by atoms with E-state index in [4.69, 9.17) is 0 Å². The van der Waals surface area contributed by atoms with Gasteiger partial charge in [0, 0.05) is 17.5 Å². The predicted octanol–water partition coefficient (Wildman–Crippen LogP) is 3.41. The Morgan fingerprint density at radius 1 is 0.875 bits per heavy atom. The Balaban J connectivity index is 1.87. The second kappa shape index (κ2) is 10.7. The van der Waals surface area contributed by atoms with Gasteiger partial charge in [0.15, 0.2) is 0 Å². The maximum Gasteiger partial charge on any atom is 0.326 e. The summed E-state index contributed by atoms with van der Waals surface area (Å²) in [7, 11) is 0. The van der Waals surface area contributed by atoms with Crippen LogP contribution in [-0.2, 0) is 16.0 Å². The van der Waals surface area contributed by atoms with E-state index >= 15 is 0 Å². The molecule has 0 heterocycles. The molecule has 0 fully saturated rings. The Morgan fingerprint density at radius 2 is 1.47 bits per heavy atom. The van der Waals surface area contributed by atoms with Crippen LogP contribution >= 0.6 is 0 Å². The molecule has 3 aromatic carbocycles. The zero-order valence-electron chi connectivity index (χ0n) is 17.0. The van der Waals surface area contributed by atoms with E-state index in [1.54, 1.807) is 66.7 Å². The smallest absolute Gasteiger partial charge is 0.326 e. The molecule has 6 nitrogen and oxygen atoms in total. The summed E-state index contributed by atoms with van der Waals surface area (Å²) in [5.74, 6) is -3.26. The molecule has 0 aliphatic carbocycles. The van der Waals surface area contributed by atoms with Crippen LogP contribution in [0.25, 0.3) is 6.08 Å². The molecule has 0 saturated heterocycles. The zero-order chi connectivity index (χ0) is 22.9. The van der Waals surface area contributed by atoms with Crippen molar-refractivity contribution >= 4 is 23.9 Å². The van der Waals surface area contributed by atoms with Gasteiger partial charge in [0.25, 0.3) is 11.8 Å². The molecule has 0 aliphatic heterocycles. The number of amides is 2. The summed E-state index contributed by atoms with van der Waals surface area (Å²) in [6, 6.07) is 21.5. The van der Waals surface area contributed by atoms with E-state index in [0.717, 1.165) is 0 Å². The molecule has 0 bridgehead atoms. The van der Waals surface area contributed by atoms with Crippen molar-refractivity contribution in [1.82, 2.24) is 10.6 Å². The largest absolute Gasteiger partial charge is 0.480 e. The van der Waals surface area contributed by atoms with Gasteiger partial charge in [0.05, 0.1) is 0 Å². The van der Waals surface area contributed by atoms with Crippen molar-refractivity contribution in [2.45, 2.75) is 12.5 Å². The zero-order valence-corrected chi connectivity index (χ0v) is 17.0. The van der Waals surface area contributed by atoms with Crippen molar-refractivity contribution in [3.05, 3.63) is 113 Å². The molecule has 0 aromatic heterocycles. The van der Waals surface area contributed by atoms with E-state index in [2.05, 4.69) is 10.6 Å². The van der Waals surface area contributed by atoms with Crippen LogP contribution in [0, 0.1) is 5.82 Å². The highest BCUT2D eigenvalue weighted by atomic mass is 19.1. The molecule has 1 atom stereocenters. The van der Waals surface area contributed by atoms with Gasteiger partial charge in [-0.25, -0.2) is 9.18 Å². The van der Waals surface area contributed by atoms with Crippen LogP contribution in [-0.4, -0.2) is 28.9 Å². The Bertz CT molecular complexity index is 1130. The lowest BCUT2D eigenvalue weighted by molar-refractivity contribution is -0.141. The molecular formula is C25H21FN2O4. The van der Waals surface area contributed by atoms with E-state index < -0.39 is 29.6 Å². The number of carboxylic acid groups (broad SMARTS) is 1. The second-order valence-corrected chi connectivity index (χ2v) is 6.95. The highest BCUT2D eigenvalue weighted by molar-refractivity contribution is 6.06. The van der Waals surface area contributed by atoms with E-state index in [1.807, 2.05) is 0 Å². The Kier molecular flexibility index (Phi) is 7.48. The minimum Gasteiger partial charge on any atom is -0.480 e. The first-order chi connectivity index (χ1) is 15.4.